The lowest BCUT2D eigenvalue weighted by Gasteiger charge is -2.29. The molecule has 1 heterocycles. The number of hydrogen-bond acceptors (Lipinski definition) is 5. The van der Waals surface area contributed by atoms with Crippen LogP contribution in [0.25, 0.3) is 0 Å². The summed E-state index contributed by atoms with van der Waals surface area (Å²) >= 11 is 0. The van der Waals surface area contributed by atoms with Gasteiger partial charge in [-0.1, -0.05) is 26.7 Å². The first-order valence-corrected chi connectivity index (χ1v) is 7.67. The fourth-order valence-electron chi connectivity index (χ4n) is 2.58. The highest BCUT2D eigenvalue weighted by Gasteiger charge is 2.46. The fraction of sp³-hybridized carbons (Fsp3) is 0.688. The van der Waals surface area contributed by atoms with Crippen LogP contribution in [0.5, 0.6) is 0 Å². The maximum atomic E-state index is 12.2. The van der Waals surface area contributed by atoms with E-state index in [1.54, 1.807) is 19.3 Å². The van der Waals surface area contributed by atoms with E-state index < -0.39 is 11.5 Å². The Labute approximate surface area is 126 Å². The molecule has 1 saturated carbocycles. The number of esters is 1. The van der Waals surface area contributed by atoms with Gasteiger partial charge in [-0.05, 0) is 26.7 Å². The predicted molar refractivity (Wildman–Crippen MR) is 80.5 cm³/mol. The third-order valence-corrected chi connectivity index (χ3v) is 3.89. The molecule has 5 heteroatoms. The van der Waals surface area contributed by atoms with Gasteiger partial charge in [0.25, 0.3) is 0 Å². The highest BCUT2D eigenvalue weighted by Crippen LogP contribution is 2.42. The van der Waals surface area contributed by atoms with E-state index in [0.717, 1.165) is 18.5 Å². The number of aliphatic hydroxyl groups excluding tert-OH is 1. The van der Waals surface area contributed by atoms with Crippen LogP contribution in [-0.2, 0) is 16.1 Å². The van der Waals surface area contributed by atoms with Crippen LogP contribution in [-0.4, -0.2) is 27.1 Å². The number of rotatable bonds is 4. The number of aromatic nitrogens is 2. The largest absolute Gasteiger partial charge is 0.459 e. The van der Waals surface area contributed by atoms with Gasteiger partial charge >= 0.3 is 5.97 Å². The van der Waals surface area contributed by atoms with Crippen molar-refractivity contribution in [1.82, 2.24) is 9.97 Å². The minimum Gasteiger partial charge on any atom is -0.459 e. The number of carbonyl (C=O) groups excluding carboxylic acids is 1. The molecule has 1 aliphatic rings. The zero-order valence-corrected chi connectivity index (χ0v) is 13.4. The molecule has 1 atom stereocenters. The van der Waals surface area contributed by atoms with Crippen molar-refractivity contribution < 1.29 is 14.6 Å². The molecular weight excluding hydrogens is 268 g/mol. The lowest BCUT2D eigenvalue weighted by atomic mass is 9.81. The van der Waals surface area contributed by atoms with E-state index in [-0.39, 0.29) is 12.6 Å². The van der Waals surface area contributed by atoms with E-state index in [1.807, 2.05) is 20.8 Å². The Kier molecular flexibility index (Phi) is 6.75. The van der Waals surface area contributed by atoms with Crippen LogP contribution in [0.15, 0.2) is 12.4 Å². The first kappa shape index (κ1) is 17.6. The maximum Gasteiger partial charge on any atom is 0.315 e. The van der Waals surface area contributed by atoms with Crippen molar-refractivity contribution in [2.75, 3.05) is 0 Å². The second kappa shape index (κ2) is 8.08. The molecule has 0 radical (unpaired) electrons. The van der Waals surface area contributed by atoms with Crippen LogP contribution in [0.4, 0.5) is 0 Å². The average Bonchev–Trinajstić information content (AvgIpc) is 2.99. The van der Waals surface area contributed by atoms with Gasteiger partial charge in [-0.2, -0.15) is 0 Å². The van der Waals surface area contributed by atoms with Gasteiger partial charge in [0.05, 0.1) is 29.1 Å². The molecule has 1 N–H and O–H groups in total. The van der Waals surface area contributed by atoms with Gasteiger partial charge in [0.1, 0.15) is 6.61 Å². The molecule has 1 fully saturated rings. The molecule has 0 spiro atoms. The standard InChI is InChI=1S/C14H20N2O3.C2H6/c1-10-7-16-12(8-15-10)9-19-13(18)14(11(2)17)5-3-4-6-14;1-2/h7-8,11,17H,3-6,9H2,1-2H3;1-2H3. The van der Waals surface area contributed by atoms with Gasteiger partial charge in [0.2, 0.25) is 0 Å². The second-order valence-corrected chi connectivity index (χ2v) is 5.26. The van der Waals surface area contributed by atoms with Crippen molar-refractivity contribution in [2.45, 2.75) is 66.1 Å². The third-order valence-electron chi connectivity index (χ3n) is 3.89. The maximum absolute atomic E-state index is 12.2. The lowest BCUT2D eigenvalue weighted by molar-refractivity contribution is -0.164. The van der Waals surface area contributed by atoms with E-state index in [9.17, 15) is 9.90 Å². The van der Waals surface area contributed by atoms with Crippen LogP contribution in [0.2, 0.25) is 0 Å². The van der Waals surface area contributed by atoms with Crippen molar-refractivity contribution in [3.8, 4) is 0 Å². The Morgan fingerprint density at radius 1 is 1.33 bits per heavy atom. The van der Waals surface area contributed by atoms with E-state index in [4.69, 9.17) is 4.74 Å². The minimum atomic E-state index is -0.724. The van der Waals surface area contributed by atoms with Crippen molar-refractivity contribution in [1.29, 1.82) is 0 Å². The number of aliphatic hydroxyl groups is 1. The fourth-order valence-corrected chi connectivity index (χ4v) is 2.58. The van der Waals surface area contributed by atoms with E-state index in [0.29, 0.717) is 18.5 Å². The smallest absolute Gasteiger partial charge is 0.315 e. The predicted octanol–water partition coefficient (Wildman–Crippen LogP) is 2.80. The molecule has 1 aromatic rings. The van der Waals surface area contributed by atoms with Gasteiger partial charge in [-0.15, -0.1) is 0 Å². The normalized spacial score (nSPS) is 17.6. The second-order valence-electron chi connectivity index (χ2n) is 5.26. The lowest BCUT2D eigenvalue weighted by Crippen LogP contribution is -2.39. The van der Waals surface area contributed by atoms with Gasteiger partial charge in [-0.3, -0.25) is 14.8 Å². The van der Waals surface area contributed by atoms with E-state index >= 15 is 0 Å². The Balaban J connectivity index is 0.00000106. The summed E-state index contributed by atoms with van der Waals surface area (Å²) in [5, 5.41) is 9.88. The molecule has 0 amide bonds. The Morgan fingerprint density at radius 3 is 2.43 bits per heavy atom. The van der Waals surface area contributed by atoms with Gasteiger partial charge in [0.15, 0.2) is 0 Å². The topological polar surface area (TPSA) is 72.3 Å². The molecule has 0 bridgehead atoms. The van der Waals surface area contributed by atoms with Gasteiger partial charge in [0, 0.05) is 6.20 Å². The monoisotopic (exact) mass is 294 g/mol. The molecule has 118 valence electrons. The minimum absolute atomic E-state index is 0.112. The molecule has 0 aromatic carbocycles. The molecule has 0 aliphatic heterocycles. The summed E-state index contributed by atoms with van der Waals surface area (Å²) in [4.78, 5) is 20.5. The Bertz CT molecular complexity index is 437. The molecule has 1 unspecified atom stereocenters. The summed E-state index contributed by atoms with van der Waals surface area (Å²) in [5.41, 5.74) is 0.724. The third kappa shape index (κ3) is 4.24. The Hall–Kier alpha value is -1.49. The Morgan fingerprint density at radius 2 is 1.95 bits per heavy atom. The van der Waals surface area contributed by atoms with Crippen LogP contribution in [0, 0.1) is 12.3 Å². The number of carbonyl (C=O) groups is 1. The van der Waals surface area contributed by atoms with Crippen LogP contribution < -0.4 is 0 Å². The van der Waals surface area contributed by atoms with Gasteiger partial charge < -0.3 is 9.84 Å². The molecule has 21 heavy (non-hydrogen) atoms. The van der Waals surface area contributed by atoms with E-state index in [1.165, 1.54) is 0 Å². The van der Waals surface area contributed by atoms with Crippen LogP contribution >= 0.6 is 0 Å². The van der Waals surface area contributed by atoms with Crippen LogP contribution in [0.1, 0.15) is 57.8 Å². The van der Waals surface area contributed by atoms with Gasteiger partial charge in [-0.25, -0.2) is 0 Å². The number of nitrogens with zero attached hydrogens (tertiary/aromatic N) is 2. The zero-order chi connectivity index (χ0) is 15.9. The summed E-state index contributed by atoms with van der Waals surface area (Å²) in [7, 11) is 0. The SMILES string of the molecule is CC.Cc1cnc(COC(=O)C2(C(C)O)CCCC2)cn1. The quantitative estimate of drug-likeness (QED) is 0.864. The molecular formula is C16H26N2O3. The molecule has 0 saturated heterocycles. The number of ether oxygens (including phenoxy) is 1. The van der Waals surface area contributed by atoms with Crippen molar-refractivity contribution >= 4 is 5.97 Å². The molecule has 5 nitrogen and oxygen atoms in total. The molecule has 1 aliphatic carbocycles. The first-order valence-electron chi connectivity index (χ1n) is 7.67. The van der Waals surface area contributed by atoms with Crippen molar-refractivity contribution in [3.05, 3.63) is 23.8 Å². The van der Waals surface area contributed by atoms with Crippen LogP contribution in [0.3, 0.4) is 0 Å². The van der Waals surface area contributed by atoms with Crippen molar-refractivity contribution in [3.63, 3.8) is 0 Å². The average molecular weight is 294 g/mol. The zero-order valence-electron chi connectivity index (χ0n) is 13.4. The highest BCUT2D eigenvalue weighted by molar-refractivity contribution is 5.77. The van der Waals surface area contributed by atoms with Crippen molar-refractivity contribution in [2.24, 2.45) is 5.41 Å². The van der Waals surface area contributed by atoms with E-state index in [2.05, 4.69) is 9.97 Å². The summed E-state index contributed by atoms with van der Waals surface area (Å²) in [6.45, 7) is 7.63. The molecule has 1 aromatic heterocycles. The molecule has 2 rings (SSSR count). The summed E-state index contributed by atoms with van der Waals surface area (Å²) in [6.07, 6.45) is 5.89. The number of hydrogen-bond donors (Lipinski definition) is 1. The number of aryl methyl sites for hydroxylation is 1. The summed E-state index contributed by atoms with van der Waals surface area (Å²) in [6, 6.07) is 0. The highest BCUT2D eigenvalue weighted by atomic mass is 16.5. The first-order chi connectivity index (χ1) is 10.0. The summed E-state index contributed by atoms with van der Waals surface area (Å²) < 4.78 is 5.32. The summed E-state index contributed by atoms with van der Waals surface area (Å²) in [5.74, 6) is -0.317.